The van der Waals surface area contributed by atoms with Crippen molar-refractivity contribution >= 4 is 11.9 Å². The third-order valence-electron chi connectivity index (χ3n) is 3.07. The molecule has 6 nitrogen and oxygen atoms in total. The smallest absolute Gasteiger partial charge is 0.321 e. The van der Waals surface area contributed by atoms with Crippen molar-refractivity contribution in [3.8, 4) is 5.75 Å². The lowest BCUT2D eigenvalue weighted by atomic mass is 10.2. The van der Waals surface area contributed by atoms with Gasteiger partial charge in [-0.05, 0) is 37.6 Å². The molecule has 0 aromatic heterocycles. The molecule has 0 saturated carbocycles. The maximum atomic E-state index is 11.7. The van der Waals surface area contributed by atoms with Crippen molar-refractivity contribution in [2.75, 3.05) is 33.3 Å². The van der Waals surface area contributed by atoms with Gasteiger partial charge in [-0.15, -0.1) is 0 Å². The highest BCUT2D eigenvalue weighted by atomic mass is 16.5. The fraction of sp³-hybridized carbons (Fsp3) is 0.529. The Morgan fingerprint density at radius 1 is 1.30 bits per heavy atom. The van der Waals surface area contributed by atoms with E-state index in [1.165, 1.54) is 0 Å². The van der Waals surface area contributed by atoms with E-state index in [2.05, 4.69) is 10.6 Å². The maximum Gasteiger partial charge on any atom is 0.321 e. The zero-order valence-electron chi connectivity index (χ0n) is 14.4. The van der Waals surface area contributed by atoms with Crippen LogP contribution in [0.2, 0.25) is 0 Å². The van der Waals surface area contributed by atoms with Gasteiger partial charge in [-0.3, -0.25) is 15.0 Å². The summed E-state index contributed by atoms with van der Waals surface area (Å²) in [4.78, 5) is 25.0. The number of hydrogen-bond acceptors (Lipinski definition) is 4. The second kappa shape index (κ2) is 9.84. The number of imide groups is 1. The Morgan fingerprint density at radius 3 is 2.70 bits per heavy atom. The Balaban J connectivity index is 2.21. The monoisotopic (exact) mass is 321 g/mol. The summed E-state index contributed by atoms with van der Waals surface area (Å²) < 4.78 is 5.63. The largest absolute Gasteiger partial charge is 0.492 e. The highest BCUT2D eigenvalue weighted by Crippen LogP contribution is 2.11. The van der Waals surface area contributed by atoms with Gasteiger partial charge in [0.15, 0.2) is 0 Å². The lowest BCUT2D eigenvalue weighted by Gasteiger charge is -2.16. The van der Waals surface area contributed by atoms with Crippen molar-refractivity contribution in [1.82, 2.24) is 15.5 Å². The molecule has 1 aromatic carbocycles. The Hall–Kier alpha value is -2.08. The first-order chi connectivity index (χ1) is 10.9. The molecule has 0 spiro atoms. The van der Waals surface area contributed by atoms with E-state index in [-0.39, 0.29) is 12.5 Å². The zero-order chi connectivity index (χ0) is 17.2. The van der Waals surface area contributed by atoms with Crippen LogP contribution in [0.1, 0.15) is 19.4 Å². The Labute approximate surface area is 138 Å². The first-order valence-corrected chi connectivity index (χ1v) is 7.82. The number of urea groups is 1. The van der Waals surface area contributed by atoms with Crippen LogP contribution in [0.25, 0.3) is 0 Å². The van der Waals surface area contributed by atoms with Gasteiger partial charge in [-0.2, -0.15) is 0 Å². The molecule has 128 valence electrons. The third kappa shape index (κ3) is 8.83. The van der Waals surface area contributed by atoms with E-state index in [0.717, 1.165) is 11.3 Å². The first-order valence-electron chi connectivity index (χ1n) is 7.82. The SMILES string of the molecule is Cc1cccc(OCCN(C)CC(=O)NC(=O)NCC(C)C)c1. The van der Waals surface area contributed by atoms with Crippen molar-refractivity contribution in [2.24, 2.45) is 5.92 Å². The van der Waals surface area contributed by atoms with Gasteiger partial charge in [0.05, 0.1) is 6.54 Å². The number of carbonyl (C=O) groups excluding carboxylic acids is 2. The summed E-state index contributed by atoms with van der Waals surface area (Å²) in [5.74, 6) is 0.831. The summed E-state index contributed by atoms with van der Waals surface area (Å²) in [7, 11) is 1.81. The van der Waals surface area contributed by atoms with E-state index in [1.54, 1.807) is 4.90 Å². The highest BCUT2D eigenvalue weighted by molar-refractivity contribution is 5.95. The third-order valence-corrected chi connectivity index (χ3v) is 3.07. The van der Waals surface area contributed by atoms with Gasteiger partial charge in [0.25, 0.3) is 0 Å². The molecule has 0 heterocycles. The number of nitrogens with zero attached hydrogens (tertiary/aromatic N) is 1. The van der Waals surface area contributed by atoms with E-state index in [9.17, 15) is 9.59 Å². The summed E-state index contributed by atoms with van der Waals surface area (Å²) in [6.07, 6.45) is 0. The van der Waals surface area contributed by atoms with Crippen LogP contribution in [0.15, 0.2) is 24.3 Å². The van der Waals surface area contributed by atoms with E-state index in [4.69, 9.17) is 4.74 Å². The molecule has 23 heavy (non-hydrogen) atoms. The molecule has 6 heteroatoms. The zero-order valence-corrected chi connectivity index (χ0v) is 14.4. The number of rotatable bonds is 8. The minimum atomic E-state index is -0.451. The number of benzene rings is 1. The second-order valence-electron chi connectivity index (χ2n) is 6.05. The van der Waals surface area contributed by atoms with Crippen LogP contribution in [-0.4, -0.2) is 50.1 Å². The van der Waals surface area contributed by atoms with Gasteiger partial charge in [0.1, 0.15) is 12.4 Å². The molecule has 0 aliphatic rings. The van der Waals surface area contributed by atoms with Crippen LogP contribution >= 0.6 is 0 Å². The molecule has 1 aromatic rings. The van der Waals surface area contributed by atoms with Crippen LogP contribution in [0.4, 0.5) is 4.79 Å². The molecule has 0 radical (unpaired) electrons. The van der Waals surface area contributed by atoms with Crippen molar-refractivity contribution < 1.29 is 14.3 Å². The van der Waals surface area contributed by atoms with Crippen LogP contribution in [0.3, 0.4) is 0 Å². The van der Waals surface area contributed by atoms with Crippen LogP contribution in [0, 0.1) is 12.8 Å². The number of ether oxygens (including phenoxy) is 1. The predicted molar refractivity (Wildman–Crippen MR) is 90.6 cm³/mol. The van der Waals surface area contributed by atoms with Crippen LogP contribution < -0.4 is 15.4 Å². The van der Waals surface area contributed by atoms with Crippen molar-refractivity contribution in [1.29, 1.82) is 0 Å². The summed E-state index contributed by atoms with van der Waals surface area (Å²) in [6.45, 7) is 7.75. The molecule has 0 bridgehead atoms. The topological polar surface area (TPSA) is 70.7 Å². The predicted octanol–water partition coefficient (Wildman–Crippen LogP) is 1.79. The van der Waals surface area contributed by atoms with E-state index in [0.29, 0.717) is 25.6 Å². The van der Waals surface area contributed by atoms with Gasteiger partial charge in [0, 0.05) is 13.1 Å². The number of carbonyl (C=O) groups is 2. The van der Waals surface area contributed by atoms with E-state index in [1.807, 2.05) is 52.1 Å². The van der Waals surface area contributed by atoms with Gasteiger partial charge in [0.2, 0.25) is 5.91 Å². The molecular weight excluding hydrogens is 294 g/mol. The summed E-state index contributed by atoms with van der Waals surface area (Å²) in [5.41, 5.74) is 1.14. The van der Waals surface area contributed by atoms with E-state index >= 15 is 0 Å². The number of nitrogens with one attached hydrogen (secondary N) is 2. The lowest BCUT2D eigenvalue weighted by molar-refractivity contribution is -0.120. The minimum Gasteiger partial charge on any atom is -0.492 e. The standard InChI is InChI=1S/C17H27N3O3/c1-13(2)11-18-17(22)19-16(21)12-20(4)8-9-23-15-7-5-6-14(3)10-15/h5-7,10,13H,8-9,11-12H2,1-4H3,(H2,18,19,21,22). The average Bonchev–Trinajstić information content (AvgIpc) is 2.45. The summed E-state index contributed by atoms with van der Waals surface area (Å²) in [5, 5.41) is 4.95. The molecule has 0 aliphatic carbocycles. The number of aryl methyl sites for hydroxylation is 1. The fourth-order valence-electron chi connectivity index (χ4n) is 1.86. The quantitative estimate of drug-likeness (QED) is 0.766. The molecule has 0 aliphatic heterocycles. The normalized spacial score (nSPS) is 10.7. The molecule has 3 amide bonds. The molecule has 0 atom stereocenters. The Kier molecular flexibility index (Phi) is 8.11. The highest BCUT2D eigenvalue weighted by Gasteiger charge is 2.10. The molecule has 1 rings (SSSR count). The van der Waals surface area contributed by atoms with Gasteiger partial charge in [-0.1, -0.05) is 26.0 Å². The van der Waals surface area contributed by atoms with Crippen molar-refractivity contribution in [2.45, 2.75) is 20.8 Å². The molecule has 0 unspecified atom stereocenters. The second-order valence-corrected chi connectivity index (χ2v) is 6.05. The van der Waals surface area contributed by atoms with Gasteiger partial charge in [-0.25, -0.2) is 4.79 Å². The summed E-state index contributed by atoms with van der Waals surface area (Å²) >= 11 is 0. The van der Waals surface area contributed by atoms with Gasteiger partial charge >= 0.3 is 6.03 Å². The minimum absolute atomic E-state index is 0.145. The number of amides is 3. The lowest BCUT2D eigenvalue weighted by Crippen LogP contribution is -2.45. The van der Waals surface area contributed by atoms with Crippen LogP contribution in [0.5, 0.6) is 5.75 Å². The molecule has 2 N–H and O–H groups in total. The summed E-state index contributed by atoms with van der Waals surface area (Å²) in [6, 6.07) is 7.36. The number of likely N-dealkylation sites (N-methyl/N-ethyl adjacent to an activating group) is 1. The van der Waals surface area contributed by atoms with E-state index < -0.39 is 6.03 Å². The molecule has 0 fully saturated rings. The Bertz CT molecular complexity index is 518. The Morgan fingerprint density at radius 2 is 2.04 bits per heavy atom. The first kappa shape index (κ1) is 19.0. The molecule has 0 saturated heterocycles. The molecular formula is C17H27N3O3. The van der Waals surface area contributed by atoms with Gasteiger partial charge < -0.3 is 10.1 Å². The maximum absolute atomic E-state index is 11.7. The van der Waals surface area contributed by atoms with Crippen molar-refractivity contribution in [3.05, 3.63) is 29.8 Å². The number of hydrogen-bond donors (Lipinski definition) is 2. The fourth-order valence-corrected chi connectivity index (χ4v) is 1.86. The average molecular weight is 321 g/mol. The van der Waals surface area contributed by atoms with Crippen LogP contribution in [-0.2, 0) is 4.79 Å². The van der Waals surface area contributed by atoms with Crippen molar-refractivity contribution in [3.63, 3.8) is 0 Å².